The van der Waals surface area contributed by atoms with Crippen molar-refractivity contribution in [3.63, 3.8) is 0 Å². The summed E-state index contributed by atoms with van der Waals surface area (Å²) in [7, 11) is 0. The number of anilines is 1. The molecule has 1 aromatic heterocycles. The molecule has 0 amide bonds. The van der Waals surface area contributed by atoms with Crippen molar-refractivity contribution in [1.82, 2.24) is 4.98 Å². The van der Waals surface area contributed by atoms with Gasteiger partial charge in [0.25, 0.3) is 6.01 Å². The Hall–Kier alpha value is -1.55. The zero-order chi connectivity index (χ0) is 11.0. The molecule has 1 aliphatic rings. The van der Waals surface area contributed by atoms with Gasteiger partial charge in [0.1, 0.15) is 5.52 Å². The maximum absolute atomic E-state index is 5.62. The number of benzene rings is 1. The van der Waals surface area contributed by atoms with Gasteiger partial charge >= 0.3 is 0 Å². The zero-order valence-electron chi connectivity index (χ0n) is 9.19. The van der Waals surface area contributed by atoms with Crippen LogP contribution in [0.15, 0.2) is 28.7 Å². The summed E-state index contributed by atoms with van der Waals surface area (Å²) in [6, 6.07) is 8.33. The fourth-order valence-electron chi connectivity index (χ4n) is 1.95. The first-order valence-electron chi connectivity index (χ1n) is 5.47. The molecule has 0 aliphatic carbocycles. The molecule has 84 valence electrons. The number of nitrogens with zero attached hydrogens (tertiary/aromatic N) is 1. The van der Waals surface area contributed by atoms with Gasteiger partial charge in [-0.05, 0) is 25.5 Å². The largest absolute Gasteiger partial charge is 0.424 e. The van der Waals surface area contributed by atoms with Crippen molar-refractivity contribution < 1.29 is 9.15 Å². The molecule has 1 fully saturated rings. The summed E-state index contributed by atoms with van der Waals surface area (Å²) < 4.78 is 11.0. The number of fused-ring (bicyclic) bond motifs is 1. The molecule has 1 atom stereocenters. The summed E-state index contributed by atoms with van der Waals surface area (Å²) in [5.74, 6) is 0. The summed E-state index contributed by atoms with van der Waals surface area (Å²) in [4.78, 5) is 4.39. The Bertz CT molecular complexity index is 467. The lowest BCUT2D eigenvalue weighted by Gasteiger charge is -2.21. The van der Waals surface area contributed by atoms with E-state index in [0.717, 1.165) is 24.1 Å². The quantitative estimate of drug-likeness (QED) is 0.840. The van der Waals surface area contributed by atoms with Crippen molar-refractivity contribution in [3.8, 4) is 0 Å². The third kappa shape index (κ3) is 1.65. The molecule has 0 saturated carbocycles. The normalized spacial score (nSPS) is 25.1. The Morgan fingerprint density at radius 1 is 1.38 bits per heavy atom. The highest BCUT2D eigenvalue weighted by atomic mass is 16.5. The van der Waals surface area contributed by atoms with E-state index in [1.165, 1.54) is 0 Å². The molecule has 16 heavy (non-hydrogen) atoms. The van der Waals surface area contributed by atoms with E-state index in [1.807, 2.05) is 24.3 Å². The van der Waals surface area contributed by atoms with Crippen molar-refractivity contribution in [2.75, 3.05) is 18.5 Å². The lowest BCUT2D eigenvalue weighted by atomic mass is 10.0. The number of rotatable bonds is 2. The molecule has 1 aliphatic heterocycles. The van der Waals surface area contributed by atoms with Crippen LogP contribution in [0.3, 0.4) is 0 Å². The summed E-state index contributed by atoms with van der Waals surface area (Å²) in [6.45, 7) is 3.62. The Morgan fingerprint density at radius 2 is 2.25 bits per heavy atom. The molecular formula is C12H14N2O2. The van der Waals surface area contributed by atoms with E-state index in [1.54, 1.807) is 0 Å². The van der Waals surface area contributed by atoms with Gasteiger partial charge in [-0.1, -0.05) is 12.1 Å². The van der Waals surface area contributed by atoms with Crippen molar-refractivity contribution >= 4 is 17.1 Å². The second-order valence-electron chi connectivity index (χ2n) is 4.47. The number of hydrogen-bond donors (Lipinski definition) is 1. The highest BCUT2D eigenvalue weighted by Crippen LogP contribution is 2.25. The average molecular weight is 218 g/mol. The molecule has 1 saturated heterocycles. The van der Waals surface area contributed by atoms with Crippen LogP contribution in [0.1, 0.15) is 13.3 Å². The second-order valence-corrected chi connectivity index (χ2v) is 4.47. The van der Waals surface area contributed by atoms with Crippen LogP contribution in [0, 0.1) is 0 Å². The molecule has 0 radical (unpaired) electrons. The predicted octanol–water partition coefficient (Wildman–Crippen LogP) is 2.42. The first kappa shape index (κ1) is 9.66. The maximum atomic E-state index is 5.62. The number of nitrogens with one attached hydrogen (secondary N) is 1. The van der Waals surface area contributed by atoms with Gasteiger partial charge in [-0.25, -0.2) is 0 Å². The van der Waals surface area contributed by atoms with Crippen LogP contribution in [0.5, 0.6) is 0 Å². The molecule has 2 aromatic rings. The van der Waals surface area contributed by atoms with Gasteiger partial charge in [-0.3, -0.25) is 0 Å². The number of hydrogen-bond acceptors (Lipinski definition) is 4. The third-order valence-electron chi connectivity index (χ3n) is 2.92. The minimum Gasteiger partial charge on any atom is -0.424 e. The van der Waals surface area contributed by atoms with Crippen LogP contribution in [-0.4, -0.2) is 23.7 Å². The Labute approximate surface area is 93.6 Å². The van der Waals surface area contributed by atoms with E-state index >= 15 is 0 Å². The van der Waals surface area contributed by atoms with E-state index in [-0.39, 0.29) is 5.54 Å². The van der Waals surface area contributed by atoms with Gasteiger partial charge in [0.2, 0.25) is 0 Å². The standard InChI is InChI=1S/C12H14N2O2/c1-12(6-7-15-8-12)14-11-13-9-4-2-3-5-10(9)16-11/h2-5H,6-8H2,1H3,(H,13,14). The Morgan fingerprint density at radius 3 is 3.00 bits per heavy atom. The fourth-order valence-corrected chi connectivity index (χ4v) is 1.95. The predicted molar refractivity (Wildman–Crippen MR) is 61.5 cm³/mol. The topological polar surface area (TPSA) is 47.3 Å². The number of ether oxygens (including phenoxy) is 1. The van der Waals surface area contributed by atoms with Gasteiger partial charge < -0.3 is 14.5 Å². The molecule has 2 heterocycles. The van der Waals surface area contributed by atoms with Crippen molar-refractivity contribution in [1.29, 1.82) is 0 Å². The van der Waals surface area contributed by atoms with Crippen LogP contribution in [0.4, 0.5) is 6.01 Å². The van der Waals surface area contributed by atoms with E-state index in [4.69, 9.17) is 9.15 Å². The fraction of sp³-hybridized carbons (Fsp3) is 0.417. The van der Waals surface area contributed by atoms with Gasteiger partial charge in [0, 0.05) is 6.61 Å². The Kier molecular flexibility index (Phi) is 2.11. The lowest BCUT2D eigenvalue weighted by molar-refractivity contribution is 0.184. The average Bonchev–Trinajstić information content (AvgIpc) is 2.84. The Balaban J connectivity index is 1.89. The van der Waals surface area contributed by atoms with Gasteiger partial charge in [0.15, 0.2) is 5.58 Å². The van der Waals surface area contributed by atoms with Crippen molar-refractivity contribution in [2.24, 2.45) is 0 Å². The smallest absolute Gasteiger partial charge is 0.296 e. The minimum absolute atomic E-state index is 0.0547. The number of oxazole rings is 1. The highest BCUT2D eigenvalue weighted by molar-refractivity contribution is 5.74. The molecule has 0 bridgehead atoms. The molecule has 1 unspecified atom stereocenters. The number of aromatic nitrogens is 1. The highest BCUT2D eigenvalue weighted by Gasteiger charge is 2.30. The summed E-state index contributed by atoms with van der Waals surface area (Å²) in [5.41, 5.74) is 1.64. The van der Waals surface area contributed by atoms with Gasteiger partial charge in [-0.15, -0.1) is 0 Å². The SMILES string of the molecule is CC1(Nc2nc3ccccc3o2)CCOC1. The van der Waals surface area contributed by atoms with Crippen LogP contribution >= 0.6 is 0 Å². The van der Waals surface area contributed by atoms with Gasteiger partial charge in [-0.2, -0.15) is 4.98 Å². The van der Waals surface area contributed by atoms with E-state index in [2.05, 4.69) is 17.2 Å². The molecule has 1 aromatic carbocycles. The summed E-state index contributed by atoms with van der Waals surface area (Å²) in [5, 5.41) is 3.30. The third-order valence-corrected chi connectivity index (χ3v) is 2.92. The summed E-state index contributed by atoms with van der Waals surface area (Å²) in [6.07, 6.45) is 0.978. The molecule has 4 heteroatoms. The number of para-hydroxylation sites is 2. The van der Waals surface area contributed by atoms with Crippen LogP contribution in [0.25, 0.3) is 11.1 Å². The van der Waals surface area contributed by atoms with E-state index in [0.29, 0.717) is 12.6 Å². The van der Waals surface area contributed by atoms with Gasteiger partial charge in [0.05, 0.1) is 12.1 Å². The minimum atomic E-state index is -0.0547. The summed E-state index contributed by atoms with van der Waals surface area (Å²) >= 11 is 0. The molecular weight excluding hydrogens is 204 g/mol. The van der Waals surface area contributed by atoms with Crippen LogP contribution < -0.4 is 5.32 Å². The monoisotopic (exact) mass is 218 g/mol. The van der Waals surface area contributed by atoms with Crippen molar-refractivity contribution in [2.45, 2.75) is 18.9 Å². The van der Waals surface area contributed by atoms with Crippen LogP contribution in [-0.2, 0) is 4.74 Å². The van der Waals surface area contributed by atoms with Crippen LogP contribution in [0.2, 0.25) is 0 Å². The van der Waals surface area contributed by atoms with E-state index in [9.17, 15) is 0 Å². The molecule has 3 rings (SSSR count). The molecule has 4 nitrogen and oxygen atoms in total. The zero-order valence-corrected chi connectivity index (χ0v) is 9.19. The molecule has 1 N–H and O–H groups in total. The van der Waals surface area contributed by atoms with E-state index < -0.39 is 0 Å². The first-order chi connectivity index (χ1) is 7.75. The second kappa shape index (κ2) is 3.49. The maximum Gasteiger partial charge on any atom is 0.296 e. The molecule has 0 spiro atoms. The first-order valence-corrected chi connectivity index (χ1v) is 5.47. The van der Waals surface area contributed by atoms with Crippen molar-refractivity contribution in [3.05, 3.63) is 24.3 Å². The lowest BCUT2D eigenvalue weighted by Crippen LogP contribution is -2.35.